The van der Waals surface area contributed by atoms with Crippen molar-refractivity contribution in [2.45, 2.75) is 32.6 Å². The number of fused-ring (bicyclic) bond motifs is 1. The first-order valence-corrected chi connectivity index (χ1v) is 9.15. The highest BCUT2D eigenvalue weighted by molar-refractivity contribution is 7.15. The van der Waals surface area contributed by atoms with Gasteiger partial charge in [-0.15, -0.1) is 11.3 Å². The van der Waals surface area contributed by atoms with Crippen molar-refractivity contribution in [2.24, 2.45) is 5.92 Å². The molecular formula is C17H18N6OS. The second-order valence-electron chi connectivity index (χ2n) is 6.10. The molecule has 1 aliphatic carbocycles. The third kappa shape index (κ3) is 3.30. The lowest BCUT2D eigenvalue weighted by atomic mass is 9.89. The molecule has 1 N–H and O–H groups in total. The number of hydrogen-bond donors (Lipinski definition) is 1. The number of pyridine rings is 1. The maximum Gasteiger partial charge on any atom is 0.257 e. The van der Waals surface area contributed by atoms with Crippen molar-refractivity contribution in [2.75, 3.05) is 5.32 Å². The second kappa shape index (κ2) is 6.72. The molecule has 0 bridgehead atoms. The van der Waals surface area contributed by atoms with E-state index in [0.717, 1.165) is 24.5 Å². The molecule has 3 aromatic rings. The Kier molecular flexibility index (Phi) is 4.27. The molecule has 0 aliphatic heterocycles. The van der Waals surface area contributed by atoms with E-state index >= 15 is 0 Å². The van der Waals surface area contributed by atoms with Gasteiger partial charge in [0.15, 0.2) is 10.9 Å². The Labute approximate surface area is 149 Å². The quantitative estimate of drug-likeness (QED) is 0.778. The van der Waals surface area contributed by atoms with E-state index in [1.54, 1.807) is 36.0 Å². The number of thiazole rings is 1. The van der Waals surface area contributed by atoms with Crippen LogP contribution in [-0.2, 0) is 12.8 Å². The lowest BCUT2D eigenvalue weighted by Gasteiger charge is -2.18. The first-order valence-electron chi connectivity index (χ1n) is 8.34. The maximum absolute atomic E-state index is 12.6. The molecule has 0 fully saturated rings. The number of anilines is 1. The van der Waals surface area contributed by atoms with Gasteiger partial charge in [-0.1, -0.05) is 13.3 Å². The predicted molar refractivity (Wildman–Crippen MR) is 95.0 cm³/mol. The zero-order valence-electron chi connectivity index (χ0n) is 13.8. The number of aryl methyl sites for hydroxylation is 1. The molecule has 1 aliphatic rings. The molecule has 7 nitrogen and oxygen atoms in total. The lowest BCUT2D eigenvalue weighted by molar-refractivity contribution is 0.102. The van der Waals surface area contributed by atoms with Gasteiger partial charge in [0.05, 0.1) is 5.69 Å². The smallest absolute Gasteiger partial charge is 0.257 e. The van der Waals surface area contributed by atoms with E-state index in [1.165, 1.54) is 28.7 Å². The summed E-state index contributed by atoms with van der Waals surface area (Å²) in [7, 11) is 0. The van der Waals surface area contributed by atoms with Crippen LogP contribution in [0.1, 0.15) is 40.7 Å². The fourth-order valence-electron chi connectivity index (χ4n) is 3.03. The van der Waals surface area contributed by atoms with Crippen molar-refractivity contribution < 1.29 is 4.79 Å². The fourth-order valence-corrected chi connectivity index (χ4v) is 4.14. The molecule has 0 saturated heterocycles. The largest absolute Gasteiger partial charge is 0.298 e. The van der Waals surface area contributed by atoms with Gasteiger partial charge in [-0.3, -0.25) is 10.1 Å². The Bertz CT molecular complexity index is 888. The van der Waals surface area contributed by atoms with E-state index in [-0.39, 0.29) is 5.91 Å². The van der Waals surface area contributed by atoms with Crippen LogP contribution in [0.25, 0.3) is 5.82 Å². The molecule has 3 heterocycles. The molecule has 1 unspecified atom stereocenters. The molecule has 3 aromatic heterocycles. The third-order valence-corrected chi connectivity index (χ3v) is 5.54. The number of carbonyl (C=O) groups excluding carboxylic acids is 1. The first kappa shape index (κ1) is 15.9. The molecule has 0 spiro atoms. The van der Waals surface area contributed by atoms with Crippen molar-refractivity contribution in [3.63, 3.8) is 0 Å². The number of amides is 1. The van der Waals surface area contributed by atoms with Crippen LogP contribution >= 0.6 is 11.3 Å². The average molecular weight is 354 g/mol. The van der Waals surface area contributed by atoms with E-state index in [4.69, 9.17) is 0 Å². The molecule has 0 radical (unpaired) electrons. The Morgan fingerprint density at radius 2 is 2.40 bits per heavy atom. The summed E-state index contributed by atoms with van der Waals surface area (Å²) in [5, 5.41) is 7.62. The minimum atomic E-state index is -0.193. The normalized spacial score (nSPS) is 16.4. The maximum atomic E-state index is 12.6. The van der Waals surface area contributed by atoms with Crippen LogP contribution in [0.15, 0.2) is 31.0 Å². The van der Waals surface area contributed by atoms with E-state index in [1.807, 2.05) is 0 Å². The summed E-state index contributed by atoms with van der Waals surface area (Å²) >= 11 is 1.59. The fraction of sp³-hybridized carbons (Fsp3) is 0.353. The highest BCUT2D eigenvalue weighted by atomic mass is 32.1. The van der Waals surface area contributed by atoms with Crippen molar-refractivity contribution in [1.82, 2.24) is 24.7 Å². The van der Waals surface area contributed by atoms with Gasteiger partial charge in [0.2, 0.25) is 0 Å². The van der Waals surface area contributed by atoms with Crippen LogP contribution in [-0.4, -0.2) is 30.6 Å². The highest BCUT2D eigenvalue weighted by Crippen LogP contribution is 2.33. The monoisotopic (exact) mass is 354 g/mol. The lowest BCUT2D eigenvalue weighted by Crippen LogP contribution is -2.13. The van der Waals surface area contributed by atoms with Crippen molar-refractivity contribution in [3.05, 3.63) is 47.1 Å². The molecule has 8 heteroatoms. The standard InChI is InChI=1S/C17H18N6OS/c1-2-11-3-4-13-14(7-11)25-17(21-13)22-16(24)12-5-6-19-15(8-12)23-10-18-9-20-23/h5-6,8-11H,2-4,7H2,1H3,(H,21,22,24). The first-order chi connectivity index (χ1) is 12.2. The summed E-state index contributed by atoms with van der Waals surface area (Å²) in [5.74, 6) is 1.10. The molecule has 128 valence electrons. The van der Waals surface area contributed by atoms with Gasteiger partial charge in [-0.05, 0) is 37.3 Å². The molecule has 1 amide bonds. The topological polar surface area (TPSA) is 85.6 Å². The van der Waals surface area contributed by atoms with Crippen LogP contribution in [0.5, 0.6) is 0 Å². The van der Waals surface area contributed by atoms with Gasteiger partial charge >= 0.3 is 0 Å². The number of rotatable bonds is 4. The average Bonchev–Trinajstić information content (AvgIpc) is 3.30. The van der Waals surface area contributed by atoms with E-state index in [2.05, 4.69) is 32.3 Å². The predicted octanol–water partition coefficient (Wildman–Crippen LogP) is 2.89. The molecule has 25 heavy (non-hydrogen) atoms. The Morgan fingerprint density at radius 3 is 3.20 bits per heavy atom. The molecule has 1 atom stereocenters. The number of nitrogens with one attached hydrogen (secondary N) is 1. The summed E-state index contributed by atoms with van der Waals surface area (Å²) < 4.78 is 1.52. The second-order valence-corrected chi connectivity index (χ2v) is 7.19. The Morgan fingerprint density at radius 1 is 1.48 bits per heavy atom. The SMILES string of the molecule is CCC1CCc2nc(NC(=O)c3ccnc(-n4cncn4)c3)sc2C1. The number of nitrogens with zero attached hydrogens (tertiary/aromatic N) is 5. The van der Waals surface area contributed by atoms with E-state index in [9.17, 15) is 4.79 Å². The zero-order valence-corrected chi connectivity index (χ0v) is 14.7. The van der Waals surface area contributed by atoms with Gasteiger partial charge < -0.3 is 0 Å². The van der Waals surface area contributed by atoms with Crippen LogP contribution in [0.4, 0.5) is 5.13 Å². The highest BCUT2D eigenvalue weighted by Gasteiger charge is 2.22. The number of carbonyl (C=O) groups is 1. The van der Waals surface area contributed by atoms with Gasteiger partial charge in [0.1, 0.15) is 12.7 Å². The molecule has 0 saturated carbocycles. The van der Waals surface area contributed by atoms with Crippen LogP contribution in [0.3, 0.4) is 0 Å². The van der Waals surface area contributed by atoms with E-state index < -0.39 is 0 Å². The summed E-state index contributed by atoms with van der Waals surface area (Å²) in [6.07, 6.45) is 9.02. The molecule has 4 rings (SSSR count). The van der Waals surface area contributed by atoms with Crippen LogP contribution in [0.2, 0.25) is 0 Å². The van der Waals surface area contributed by atoms with E-state index in [0.29, 0.717) is 16.5 Å². The molecular weight excluding hydrogens is 336 g/mol. The van der Waals surface area contributed by atoms with Crippen molar-refractivity contribution in [3.8, 4) is 5.82 Å². The Balaban J connectivity index is 1.51. The summed E-state index contributed by atoms with van der Waals surface area (Å²) in [5.41, 5.74) is 1.66. The summed E-state index contributed by atoms with van der Waals surface area (Å²) in [6.45, 7) is 2.23. The van der Waals surface area contributed by atoms with Gasteiger partial charge in [0, 0.05) is 16.6 Å². The summed E-state index contributed by atoms with van der Waals surface area (Å²) in [6, 6.07) is 3.36. The van der Waals surface area contributed by atoms with Crippen molar-refractivity contribution in [1.29, 1.82) is 0 Å². The van der Waals surface area contributed by atoms with Gasteiger partial charge in [-0.2, -0.15) is 5.10 Å². The number of aromatic nitrogens is 5. The van der Waals surface area contributed by atoms with Gasteiger partial charge in [0.25, 0.3) is 5.91 Å². The van der Waals surface area contributed by atoms with Crippen LogP contribution < -0.4 is 5.32 Å². The van der Waals surface area contributed by atoms with Crippen molar-refractivity contribution >= 4 is 22.4 Å². The minimum absolute atomic E-state index is 0.193. The zero-order chi connectivity index (χ0) is 17.2. The van der Waals surface area contributed by atoms with Gasteiger partial charge in [-0.25, -0.2) is 19.6 Å². The third-order valence-electron chi connectivity index (χ3n) is 4.50. The number of hydrogen-bond acceptors (Lipinski definition) is 6. The summed E-state index contributed by atoms with van der Waals surface area (Å²) in [4.78, 5) is 26.6. The molecule has 0 aromatic carbocycles. The minimum Gasteiger partial charge on any atom is -0.298 e. The Hall–Kier alpha value is -2.61. The van der Waals surface area contributed by atoms with Crippen LogP contribution in [0, 0.1) is 5.92 Å².